The number of rotatable bonds is 6. The first kappa shape index (κ1) is 23.8. The Morgan fingerprint density at radius 2 is 1.97 bits per heavy atom. The highest BCUT2D eigenvalue weighted by molar-refractivity contribution is 5.85. The molecule has 1 N–H and O–H groups in total. The molecule has 2 fully saturated rings. The van der Waals surface area contributed by atoms with Gasteiger partial charge in [-0.25, -0.2) is 35.8 Å². The number of pyridine rings is 1. The molecule has 6 rings (SSSR count). The third-order valence-electron chi connectivity index (χ3n) is 6.63. The Morgan fingerprint density at radius 3 is 2.65 bits per heavy atom. The molecule has 196 valence electrons. The van der Waals surface area contributed by atoms with Gasteiger partial charge in [0.1, 0.15) is 17.3 Å². The SMILES string of the molecule is COc1nc(N[C@@H]2CN(C3COC3)CC2(F)F)nn2cc(F)c(-c3cc(F)c4ncc(C(F)F)n4c3)c12. The van der Waals surface area contributed by atoms with Crippen LogP contribution in [-0.4, -0.2) is 80.3 Å². The quantitative estimate of drug-likeness (QED) is 0.385. The fourth-order valence-electron chi connectivity index (χ4n) is 4.69. The third-order valence-corrected chi connectivity index (χ3v) is 6.63. The van der Waals surface area contributed by atoms with Gasteiger partial charge in [-0.1, -0.05) is 0 Å². The highest BCUT2D eigenvalue weighted by Crippen LogP contribution is 2.37. The molecule has 1 atom stereocenters. The van der Waals surface area contributed by atoms with Crippen LogP contribution in [0.1, 0.15) is 12.1 Å². The first-order valence-electron chi connectivity index (χ1n) is 11.2. The number of hydrogen-bond donors (Lipinski definition) is 1. The lowest BCUT2D eigenvalue weighted by molar-refractivity contribution is -0.0711. The molecule has 0 aromatic carbocycles. The van der Waals surface area contributed by atoms with Gasteiger partial charge in [0, 0.05) is 18.3 Å². The first-order chi connectivity index (χ1) is 17.7. The molecule has 0 aliphatic carbocycles. The van der Waals surface area contributed by atoms with E-state index >= 15 is 4.39 Å². The lowest BCUT2D eigenvalue weighted by Crippen LogP contribution is -2.48. The van der Waals surface area contributed by atoms with E-state index < -0.39 is 42.3 Å². The fraction of sp³-hybridized carbons (Fsp3) is 0.409. The van der Waals surface area contributed by atoms with Gasteiger partial charge in [-0.2, -0.15) is 4.98 Å². The van der Waals surface area contributed by atoms with Crippen LogP contribution in [-0.2, 0) is 4.74 Å². The van der Waals surface area contributed by atoms with E-state index in [9.17, 15) is 22.0 Å². The van der Waals surface area contributed by atoms with E-state index in [0.717, 1.165) is 33.6 Å². The van der Waals surface area contributed by atoms with Crippen molar-refractivity contribution >= 4 is 17.1 Å². The molecule has 0 saturated carbocycles. The number of halogens is 6. The van der Waals surface area contributed by atoms with E-state index in [4.69, 9.17) is 9.47 Å². The third kappa shape index (κ3) is 3.83. The van der Waals surface area contributed by atoms with E-state index in [2.05, 4.69) is 20.4 Å². The zero-order chi connectivity index (χ0) is 26.1. The second-order valence-electron chi connectivity index (χ2n) is 8.92. The summed E-state index contributed by atoms with van der Waals surface area (Å²) in [6, 6.07) is -0.462. The monoisotopic (exact) mass is 527 g/mol. The van der Waals surface area contributed by atoms with Gasteiger partial charge in [0.15, 0.2) is 17.3 Å². The summed E-state index contributed by atoms with van der Waals surface area (Å²) in [5.74, 6) is -5.36. The maximum atomic E-state index is 15.2. The molecule has 0 unspecified atom stereocenters. The van der Waals surface area contributed by atoms with Crippen molar-refractivity contribution in [1.29, 1.82) is 0 Å². The number of anilines is 1. The summed E-state index contributed by atoms with van der Waals surface area (Å²) in [7, 11) is 1.23. The van der Waals surface area contributed by atoms with E-state index in [1.165, 1.54) is 7.11 Å². The van der Waals surface area contributed by atoms with E-state index in [0.29, 0.717) is 13.2 Å². The topological polar surface area (TPSA) is 81.2 Å². The van der Waals surface area contributed by atoms with E-state index in [1.807, 2.05) is 0 Å². The second-order valence-corrected chi connectivity index (χ2v) is 8.92. The van der Waals surface area contributed by atoms with Gasteiger partial charge >= 0.3 is 0 Å². The average molecular weight is 527 g/mol. The summed E-state index contributed by atoms with van der Waals surface area (Å²) in [4.78, 5) is 9.41. The largest absolute Gasteiger partial charge is 0.479 e. The van der Waals surface area contributed by atoms with Crippen LogP contribution >= 0.6 is 0 Å². The number of nitrogens with one attached hydrogen (secondary N) is 1. The number of alkyl halides is 4. The van der Waals surface area contributed by atoms with Gasteiger partial charge in [-0.15, -0.1) is 5.10 Å². The number of likely N-dealkylation sites (tertiary alicyclic amines) is 1. The molecule has 15 heteroatoms. The molecule has 37 heavy (non-hydrogen) atoms. The second kappa shape index (κ2) is 8.48. The minimum Gasteiger partial charge on any atom is -0.479 e. The van der Waals surface area contributed by atoms with Gasteiger partial charge in [-0.3, -0.25) is 9.30 Å². The Labute approximate surface area is 204 Å². The van der Waals surface area contributed by atoms with Crippen molar-refractivity contribution in [2.24, 2.45) is 0 Å². The van der Waals surface area contributed by atoms with Gasteiger partial charge in [-0.05, 0) is 6.07 Å². The standard InChI is InChI=1S/C22H19F6N7O2/c1-36-20-17-16(10-2-12(23)19-29-3-14(18(25)26)34(19)4-10)13(24)5-35(17)32-21(31-20)30-15-6-33(9-22(15,27)28)11-7-37-8-11/h2-5,11,15,18H,6-9H2,1H3,(H,30,32)/t15-/m1/s1. The number of imidazole rings is 1. The van der Waals surface area contributed by atoms with Crippen LogP contribution in [0.4, 0.5) is 32.3 Å². The van der Waals surface area contributed by atoms with Gasteiger partial charge in [0.05, 0.1) is 50.9 Å². The van der Waals surface area contributed by atoms with Crippen molar-refractivity contribution in [2.45, 2.75) is 24.4 Å². The summed E-state index contributed by atoms with van der Waals surface area (Å²) in [6.07, 6.45) is -0.0576. The van der Waals surface area contributed by atoms with Crippen LogP contribution in [0.5, 0.6) is 5.88 Å². The number of nitrogens with zero attached hydrogens (tertiary/aromatic N) is 6. The van der Waals surface area contributed by atoms with E-state index in [1.54, 1.807) is 4.90 Å². The number of hydrogen-bond acceptors (Lipinski definition) is 7. The molecule has 0 bridgehead atoms. The molecular weight excluding hydrogens is 508 g/mol. The molecule has 4 aromatic heterocycles. The number of aromatic nitrogens is 5. The zero-order valence-corrected chi connectivity index (χ0v) is 19.1. The fourth-order valence-corrected chi connectivity index (χ4v) is 4.69. The first-order valence-corrected chi connectivity index (χ1v) is 11.2. The van der Waals surface area contributed by atoms with Crippen molar-refractivity contribution < 1.29 is 35.8 Å². The smallest absolute Gasteiger partial charge is 0.281 e. The van der Waals surface area contributed by atoms with Crippen LogP contribution in [0, 0.1) is 11.6 Å². The van der Waals surface area contributed by atoms with Gasteiger partial charge in [0.2, 0.25) is 11.8 Å². The lowest BCUT2D eigenvalue weighted by Gasteiger charge is -2.34. The average Bonchev–Trinajstić information content (AvgIpc) is 3.45. The lowest BCUT2D eigenvalue weighted by atomic mass is 10.1. The van der Waals surface area contributed by atoms with Crippen LogP contribution in [0.2, 0.25) is 0 Å². The molecule has 4 aromatic rings. The Kier molecular flexibility index (Phi) is 5.45. The molecule has 0 spiro atoms. The summed E-state index contributed by atoms with van der Waals surface area (Å²) in [6.45, 7) is 0.333. The number of ether oxygens (including phenoxy) is 2. The molecule has 2 aliphatic heterocycles. The Balaban J connectivity index is 1.40. The Bertz CT molecular complexity index is 1500. The predicted molar refractivity (Wildman–Crippen MR) is 117 cm³/mol. The molecule has 2 aliphatic rings. The van der Waals surface area contributed by atoms with Crippen molar-refractivity contribution in [1.82, 2.24) is 28.9 Å². The van der Waals surface area contributed by atoms with Crippen LogP contribution in [0.25, 0.3) is 22.3 Å². The summed E-state index contributed by atoms with van der Waals surface area (Å²) < 4.78 is 98.2. The highest BCUT2D eigenvalue weighted by atomic mass is 19.3. The zero-order valence-electron chi connectivity index (χ0n) is 19.1. The van der Waals surface area contributed by atoms with Crippen LogP contribution in [0.3, 0.4) is 0 Å². The summed E-state index contributed by atoms with van der Waals surface area (Å²) in [5.41, 5.74) is -1.30. The number of methoxy groups -OCH3 is 1. The summed E-state index contributed by atoms with van der Waals surface area (Å²) >= 11 is 0. The van der Waals surface area contributed by atoms with Crippen molar-refractivity contribution in [3.05, 3.63) is 42.0 Å². The Hall–Kier alpha value is -3.59. The van der Waals surface area contributed by atoms with Gasteiger partial charge < -0.3 is 14.8 Å². The number of fused-ring (bicyclic) bond motifs is 2. The van der Waals surface area contributed by atoms with Crippen molar-refractivity contribution in [2.75, 3.05) is 38.7 Å². The normalized spacial score (nSPS) is 20.3. The van der Waals surface area contributed by atoms with E-state index in [-0.39, 0.29) is 46.7 Å². The molecule has 0 amide bonds. The predicted octanol–water partition coefficient (Wildman–Crippen LogP) is 3.40. The molecule has 6 heterocycles. The van der Waals surface area contributed by atoms with Crippen molar-refractivity contribution in [3.8, 4) is 17.0 Å². The summed E-state index contributed by atoms with van der Waals surface area (Å²) in [5, 5.41) is 6.73. The van der Waals surface area contributed by atoms with Crippen molar-refractivity contribution in [3.63, 3.8) is 0 Å². The minimum absolute atomic E-state index is 0.0205. The maximum Gasteiger partial charge on any atom is 0.281 e. The van der Waals surface area contributed by atoms with Gasteiger partial charge in [0.25, 0.3) is 12.3 Å². The molecule has 0 radical (unpaired) electrons. The maximum absolute atomic E-state index is 15.2. The van der Waals surface area contributed by atoms with Crippen LogP contribution in [0.15, 0.2) is 24.7 Å². The molecule has 2 saturated heterocycles. The molecular formula is C22H19F6N7O2. The Morgan fingerprint density at radius 1 is 1.19 bits per heavy atom. The molecule has 9 nitrogen and oxygen atoms in total. The highest BCUT2D eigenvalue weighted by Gasteiger charge is 2.51. The minimum atomic E-state index is -3.09. The van der Waals surface area contributed by atoms with Crippen LogP contribution < -0.4 is 10.1 Å².